The molecule has 0 bridgehead atoms. The molecule has 0 aliphatic rings. The second-order valence-corrected chi connectivity index (χ2v) is 5.73. The van der Waals surface area contributed by atoms with Gasteiger partial charge in [0.1, 0.15) is 15.7 Å². The first-order valence-corrected chi connectivity index (χ1v) is 7.20. The summed E-state index contributed by atoms with van der Waals surface area (Å²) in [5, 5.41) is 10.6. The van der Waals surface area contributed by atoms with E-state index in [9.17, 15) is 9.90 Å². The minimum atomic E-state index is -0.999. The molecule has 0 spiro atoms. The van der Waals surface area contributed by atoms with Gasteiger partial charge in [-0.25, -0.2) is 14.8 Å². The number of hydrogen-bond acceptors (Lipinski definition) is 4. The average Bonchev–Trinajstić information content (AvgIpc) is 2.75. The van der Waals surface area contributed by atoms with Crippen LogP contribution in [0.1, 0.15) is 21.7 Å². The van der Waals surface area contributed by atoms with Gasteiger partial charge in [0, 0.05) is 11.9 Å². The molecule has 0 atom stereocenters. The minimum Gasteiger partial charge on any atom is -0.476 e. The Labute approximate surface area is 125 Å². The summed E-state index contributed by atoms with van der Waals surface area (Å²) < 4.78 is 1.58. The second kappa shape index (κ2) is 5.21. The number of fused-ring (bicyclic) bond motifs is 1. The van der Waals surface area contributed by atoms with Gasteiger partial charge in [-0.3, -0.25) is 4.40 Å². The minimum absolute atomic E-state index is 0.163. The molecule has 3 aromatic rings. The zero-order chi connectivity index (χ0) is 15.0. The van der Waals surface area contributed by atoms with Crippen molar-refractivity contribution in [2.45, 2.75) is 23.9 Å². The van der Waals surface area contributed by atoms with Crippen molar-refractivity contribution in [3.05, 3.63) is 53.5 Å². The zero-order valence-corrected chi connectivity index (χ0v) is 12.4. The molecule has 3 heterocycles. The predicted octanol–water partition coefficient (Wildman–Crippen LogP) is 3.20. The first-order chi connectivity index (χ1) is 10.0. The number of imidazole rings is 1. The molecule has 0 amide bonds. The van der Waals surface area contributed by atoms with Crippen LogP contribution >= 0.6 is 11.8 Å². The van der Waals surface area contributed by atoms with Crippen molar-refractivity contribution in [1.29, 1.82) is 0 Å². The highest BCUT2D eigenvalue weighted by atomic mass is 32.2. The number of aromatic nitrogens is 3. The van der Waals surface area contributed by atoms with E-state index in [1.165, 1.54) is 11.8 Å². The molecule has 0 saturated heterocycles. The van der Waals surface area contributed by atoms with Crippen LogP contribution in [0.15, 0.2) is 46.6 Å². The lowest BCUT2D eigenvalue weighted by atomic mass is 10.3. The molecule has 0 fully saturated rings. The number of carboxylic acid groups (broad SMARTS) is 1. The largest absolute Gasteiger partial charge is 0.476 e. The van der Waals surface area contributed by atoms with Gasteiger partial charge in [0.25, 0.3) is 0 Å². The van der Waals surface area contributed by atoms with Crippen molar-refractivity contribution in [1.82, 2.24) is 14.4 Å². The number of rotatable bonds is 3. The number of aromatic carboxylic acids is 1. The Morgan fingerprint density at radius 1 is 1.24 bits per heavy atom. The highest BCUT2D eigenvalue weighted by Crippen LogP contribution is 2.30. The number of nitrogens with zero attached hydrogens (tertiary/aromatic N) is 3. The molecule has 0 aliphatic carbocycles. The number of pyridine rings is 2. The third-order valence-electron chi connectivity index (χ3n) is 2.98. The molecule has 3 aromatic heterocycles. The van der Waals surface area contributed by atoms with Gasteiger partial charge in [0.15, 0.2) is 5.69 Å². The Morgan fingerprint density at radius 2 is 2.05 bits per heavy atom. The number of aryl methyl sites for hydroxylation is 2. The van der Waals surface area contributed by atoms with Crippen LogP contribution in [-0.2, 0) is 0 Å². The van der Waals surface area contributed by atoms with Gasteiger partial charge in [0.05, 0.1) is 0 Å². The standard InChI is InChI=1S/C15H13N3O2S/c1-9-7-10(2)16-12(8-9)21-14-13(15(19)20)18-6-4-3-5-11(18)17-14/h3-8H,1-2H3,(H,19,20). The van der Waals surface area contributed by atoms with Crippen molar-refractivity contribution in [3.63, 3.8) is 0 Å². The van der Waals surface area contributed by atoms with Gasteiger partial charge in [-0.2, -0.15) is 0 Å². The number of carbonyl (C=O) groups is 1. The van der Waals surface area contributed by atoms with E-state index >= 15 is 0 Å². The molecule has 3 rings (SSSR count). The fraction of sp³-hybridized carbons (Fsp3) is 0.133. The van der Waals surface area contributed by atoms with Gasteiger partial charge in [0.2, 0.25) is 0 Å². The van der Waals surface area contributed by atoms with Crippen LogP contribution in [0.25, 0.3) is 5.65 Å². The molecule has 21 heavy (non-hydrogen) atoms. The monoisotopic (exact) mass is 299 g/mol. The summed E-state index contributed by atoms with van der Waals surface area (Å²) in [6.07, 6.45) is 1.70. The summed E-state index contributed by atoms with van der Waals surface area (Å²) in [6, 6.07) is 9.30. The lowest BCUT2D eigenvalue weighted by Crippen LogP contribution is -2.03. The van der Waals surface area contributed by atoms with Crippen molar-refractivity contribution < 1.29 is 9.90 Å². The van der Waals surface area contributed by atoms with E-state index in [1.807, 2.05) is 32.0 Å². The van der Waals surface area contributed by atoms with Crippen LogP contribution in [0, 0.1) is 13.8 Å². The van der Waals surface area contributed by atoms with Gasteiger partial charge < -0.3 is 5.11 Å². The van der Waals surface area contributed by atoms with E-state index in [0.29, 0.717) is 10.7 Å². The van der Waals surface area contributed by atoms with Crippen LogP contribution < -0.4 is 0 Å². The summed E-state index contributed by atoms with van der Waals surface area (Å²) >= 11 is 1.27. The molecule has 106 valence electrons. The number of carboxylic acids is 1. The fourth-order valence-electron chi connectivity index (χ4n) is 2.20. The van der Waals surface area contributed by atoms with Crippen LogP contribution in [-0.4, -0.2) is 25.4 Å². The molecule has 0 radical (unpaired) electrons. The maximum absolute atomic E-state index is 11.5. The van der Waals surface area contributed by atoms with Gasteiger partial charge in [-0.1, -0.05) is 6.07 Å². The first-order valence-electron chi connectivity index (χ1n) is 6.38. The molecule has 0 aliphatic heterocycles. The van der Waals surface area contributed by atoms with Gasteiger partial charge in [-0.05, 0) is 55.4 Å². The molecular formula is C15H13N3O2S. The van der Waals surface area contributed by atoms with Crippen LogP contribution in [0.5, 0.6) is 0 Å². The van der Waals surface area contributed by atoms with Crippen molar-refractivity contribution in [2.75, 3.05) is 0 Å². The highest BCUT2D eigenvalue weighted by Gasteiger charge is 2.19. The normalized spacial score (nSPS) is 11.0. The SMILES string of the molecule is Cc1cc(C)nc(Sc2nc3ccccn3c2C(=O)O)c1. The van der Waals surface area contributed by atoms with E-state index in [2.05, 4.69) is 9.97 Å². The molecule has 0 aromatic carbocycles. The summed E-state index contributed by atoms with van der Waals surface area (Å²) in [4.78, 5) is 20.3. The van der Waals surface area contributed by atoms with Crippen molar-refractivity contribution in [3.8, 4) is 0 Å². The summed E-state index contributed by atoms with van der Waals surface area (Å²) in [7, 11) is 0. The number of hydrogen-bond donors (Lipinski definition) is 1. The third-order valence-corrected chi connectivity index (χ3v) is 3.87. The topological polar surface area (TPSA) is 67.5 Å². The second-order valence-electron chi connectivity index (χ2n) is 4.73. The van der Waals surface area contributed by atoms with E-state index in [0.717, 1.165) is 16.3 Å². The lowest BCUT2D eigenvalue weighted by molar-refractivity contribution is 0.0685. The van der Waals surface area contributed by atoms with Crippen LogP contribution in [0.2, 0.25) is 0 Å². The molecule has 5 nitrogen and oxygen atoms in total. The Kier molecular flexibility index (Phi) is 3.39. The van der Waals surface area contributed by atoms with Gasteiger partial charge in [-0.15, -0.1) is 0 Å². The molecule has 1 N–H and O–H groups in total. The Bertz CT molecular complexity index is 822. The maximum atomic E-state index is 11.5. The molecule has 6 heteroatoms. The maximum Gasteiger partial charge on any atom is 0.355 e. The summed E-state index contributed by atoms with van der Waals surface area (Å²) in [5.74, 6) is -0.999. The summed E-state index contributed by atoms with van der Waals surface area (Å²) in [6.45, 7) is 3.90. The van der Waals surface area contributed by atoms with Crippen LogP contribution in [0.3, 0.4) is 0 Å². The van der Waals surface area contributed by atoms with Crippen LogP contribution in [0.4, 0.5) is 0 Å². The quantitative estimate of drug-likeness (QED) is 0.804. The third kappa shape index (κ3) is 2.62. The Balaban J connectivity index is 2.11. The van der Waals surface area contributed by atoms with Crippen molar-refractivity contribution in [2.24, 2.45) is 0 Å². The van der Waals surface area contributed by atoms with E-state index in [4.69, 9.17) is 0 Å². The fourth-order valence-corrected chi connectivity index (χ4v) is 3.25. The van der Waals surface area contributed by atoms with Crippen molar-refractivity contribution >= 4 is 23.4 Å². The average molecular weight is 299 g/mol. The lowest BCUT2D eigenvalue weighted by Gasteiger charge is -2.03. The van der Waals surface area contributed by atoms with E-state index in [1.54, 1.807) is 22.7 Å². The first kappa shape index (κ1) is 13.6. The Morgan fingerprint density at radius 3 is 2.76 bits per heavy atom. The van der Waals surface area contributed by atoms with Gasteiger partial charge >= 0.3 is 5.97 Å². The molecular weight excluding hydrogens is 286 g/mol. The highest BCUT2D eigenvalue weighted by molar-refractivity contribution is 7.99. The summed E-state index contributed by atoms with van der Waals surface area (Å²) in [5.41, 5.74) is 2.77. The van der Waals surface area contributed by atoms with E-state index in [-0.39, 0.29) is 5.69 Å². The molecule has 0 saturated carbocycles. The zero-order valence-electron chi connectivity index (χ0n) is 11.6. The molecule has 0 unspecified atom stereocenters. The Hall–Kier alpha value is -2.34. The van der Waals surface area contributed by atoms with E-state index < -0.39 is 5.97 Å². The smallest absolute Gasteiger partial charge is 0.355 e. The predicted molar refractivity (Wildman–Crippen MR) is 80.0 cm³/mol.